The number of carbonyl (C=O) groups is 2. The Hall–Kier alpha value is -4.81. The number of benzene rings is 3. The van der Waals surface area contributed by atoms with Gasteiger partial charge in [0.1, 0.15) is 5.52 Å². The highest BCUT2D eigenvalue weighted by Gasteiger charge is 2.23. The molecule has 11 nitrogen and oxygen atoms in total. The van der Waals surface area contributed by atoms with E-state index in [4.69, 9.17) is 20.8 Å². The third-order valence-corrected chi connectivity index (χ3v) is 7.20. The normalized spacial score (nSPS) is 12.1. The summed E-state index contributed by atoms with van der Waals surface area (Å²) in [5, 5.41) is 9.97. The number of fused-ring (bicyclic) bond motifs is 1. The summed E-state index contributed by atoms with van der Waals surface area (Å²) in [6.45, 7) is 1.42. The Balaban J connectivity index is 1.24. The van der Waals surface area contributed by atoms with E-state index in [-0.39, 0.29) is 27.3 Å². The van der Waals surface area contributed by atoms with Gasteiger partial charge in [0, 0.05) is 5.69 Å². The maximum absolute atomic E-state index is 13.0. The van der Waals surface area contributed by atoms with Gasteiger partial charge in [-0.05, 0) is 67.6 Å². The Labute approximate surface area is 233 Å². The topological polar surface area (TPSA) is 153 Å². The number of halogens is 1. The van der Waals surface area contributed by atoms with Gasteiger partial charge in [0.2, 0.25) is 5.89 Å². The monoisotopic (exact) mass is 577 g/mol. The van der Waals surface area contributed by atoms with Crippen LogP contribution in [0.4, 0.5) is 11.5 Å². The zero-order chi connectivity index (χ0) is 28.3. The van der Waals surface area contributed by atoms with Crippen molar-refractivity contribution in [1.29, 1.82) is 0 Å². The van der Waals surface area contributed by atoms with E-state index in [0.29, 0.717) is 22.4 Å². The van der Waals surface area contributed by atoms with Crippen molar-refractivity contribution in [2.75, 3.05) is 10.0 Å². The highest BCUT2D eigenvalue weighted by Crippen LogP contribution is 2.28. The van der Waals surface area contributed by atoms with Gasteiger partial charge in [-0.25, -0.2) is 18.2 Å². The molecule has 2 aromatic heterocycles. The zero-order valence-electron chi connectivity index (χ0n) is 20.7. The number of amides is 1. The maximum Gasteiger partial charge on any atom is 0.339 e. The molecule has 2 N–H and O–H groups in total. The van der Waals surface area contributed by atoms with Crippen molar-refractivity contribution in [2.45, 2.75) is 17.9 Å². The predicted molar refractivity (Wildman–Crippen MR) is 147 cm³/mol. The molecule has 5 aromatic rings. The highest BCUT2D eigenvalue weighted by molar-refractivity contribution is 7.92. The van der Waals surface area contributed by atoms with E-state index < -0.39 is 28.0 Å². The summed E-state index contributed by atoms with van der Waals surface area (Å²) in [5.41, 5.74) is 2.11. The molecule has 0 spiro atoms. The van der Waals surface area contributed by atoms with Crippen LogP contribution in [-0.4, -0.2) is 41.6 Å². The molecule has 13 heteroatoms. The average Bonchev–Trinajstić information content (AvgIpc) is 3.39. The van der Waals surface area contributed by atoms with Gasteiger partial charge in [-0.15, -0.1) is 10.2 Å². The van der Waals surface area contributed by atoms with Crippen LogP contribution in [0.3, 0.4) is 0 Å². The fourth-order valence-electron chi connectivity index (χ4n) is 3.64. The minimum atomic E-state index is -3.96. The molecular weight excluding hydrogens is 558 g/mol. The van der Waals surface area contributed by atoms with Crippen LogP contribution in [0.2, 0.25) is 5.15 Å². The number of anilines is 2. The molecule has 0 radical (unpaired) electrons. The minimum absolute atomic E-state index is 0.00454. The van der Waals surface area contributed by atoms with Crippen LogP contribution in [0.25, 0.3) is 22.6 Å². The summed E-state index contributed by atoms with van der Waals surface area (Å²) in [7, 11) is -3.96. The van der Waals surface area contributed by atoms with Crippen molar-refractivity contribution in [3.63, 3.8) is 0 Å². The second-order valence-electron chi connectivity index (χ2n) is 8.44. The number of ether oxygens (including phenoxy) is 1. The van der Waals surface area contributed by atoms with Crippen molar-refractivity contribution in [1.82, 2.24) is 15.2 Å². The molecule has 0 aliphatic carbocycles. The summed E-state index contributed by atoms with van der Waals surface area (Å²) in [4.78, 5) is 30.1. The second kappa shape index (κ2) is 11.1. The molecule has 0 aliphatic rings. The SMILES string of the molecule is CC(OC(=O)c1ccccc1-c1nc2ccccc2o1)C(=O)Nc1ccc(S(=O)(=O)Nc2ccc(Cl)nn2)cc1. The van der Waals surface area contributed by atoms with E-state index in [2.05, 4.69) is 25.2 Å². The Bertz CT molecular complexity index is 1770. The molecule has 2 heterocycles. The average molecular weight is 578 g/mol. The standard InChI is InChI=1S/C27H20ClN5O6S/c1-16(38-27(35)20-7-3-2-6-19(20)26-30-21-8-4-5-9-22(21)39-26)25(34)29-17-10-12-18(13-11-17)40(36,37)33-24-15-14-23(28)31-32-24/h2-16H,1H3,(H,29,34)(H,32,33). The molecule has 0 bridgehead atoms. The Kier molecular flexibility index (Phi) is 7.45. The second-order valence-corrected chi connectivity index (χ2v) is 10.5. The van der Waals surface area contributed by atoms with Gasteiger partial charge in [-0.3, -0.25) is 9.52 Å². The number of nitrogens with zero attached hydrogens (tertiary/aromatic N) is 3. The molecule has 1 atom stereocenters. The molecule has 0 aliphatic heterocycles. The number of rotatable bonds is 8. The van der Waals surface area contributed by atoms with E-state index in [9.17, 15) is 18.0 Å². The van der Waals surface area contributed by atoms with Crippen molar-refractivity contribution in [3.8, 4) is 11.5 Å². The molecule has 1 amide bonds. The molecule has 40 heavy (non-hydrogen) atoms. The lowest BCUT2D eigenvalue weighted by molar-refractivity contribution is -0.123. The Morgan fingerprint density at radius 3 is 2.38 bits per heavy atom. The number of carbonyl (C=O) groups excluding carboxylic acids is 2. The number of aromatic nitrogens is 3. The number of nitrogens with one attached hydrogen (secondary N) is 2. The van der Waals surface area contributed by atoms with Gasteiger partial charge in [-0.1, -0.05) is 35.9 Å². The highest BCUT2D eigenvalue weighted by atomic mass is 35.5. The molecular formula is C27H20ClN5O6S. The van der Waals surface area contributed by atoms with Gasteiger partial charge < -0.3 is 14.5 Å². The first-order valence-electron chi connectivity index (χ1n) is 11.8. The van der Waals surface area contributed by atoms with Crippen LogP contribution >= 0.6 is 11.6 Å². The summed E-state index contributed by atoms with van der Waals surface area (Å²) < 4.78 is 38.7. The Morgan fingerprint density at radius 1 is 0.925 bits per heavy atom. The molecule has 5 rings (SSSR count). The van der Waals surface area contributed by atoms with Gasteiger partial charge in [0.25, 0.3) is 15.9 Å². The summed E-state index contributed by atoms with van der Waals surface area (Å²) in [6, 6.07) is 22.0. The molecule has 3 aromatic carbocycles. The van der Waals surface area contributed by atoms with E-state index >= 15 is 0 Å². The molecule has 202 valence electrons. The van der Waals surface area contributed by atoms with Crippen LogP contribution in [0.5, 0.6) is 0 Å². The van der Waals surface area contributed by atoms with Gasteiger partial charge in [0.15, 0.2) is 22.7 Å². The van der Waals surface area contributed by atoms with Crippen LogP contribution in [-0.2, 0) is 19.6 Å². The van der Waals surface area contributed by atoms with E-state index in [1.165, 1.54) is 43.3 Å². The smallest absolute Gasteiger partial charge is 0.339 e. The summed E-state index contributed by atoms with van der Waals surface area (Å²) >= 11 is 5.67. The number of hydrogen-bond donors (Lipinski definition) is 2. The number of para-hydroxylation sites is 2. The minimum Gasteiger partial charge on any atom is -0.449 e. The largest absolute Gasteiger partial charge is 0.449 e. The molecule has 0 fully saturated rings. The molecule has 0 saturated heterocycles. The van der Waals surface area contributed by atoms with Crippen LogP contribution in [0, 0.1) is 0 Å². The predicted octanol–water partition coefficient (Wildman–Crippen LogP) is 4.92. The summed E-state index contributed by atoms with van der Waals surface area (Å²) in [5.74, 6) is -1.11. The lowest BCUT2D eigenvalue weighted by Gasteiger charge is -2.15. The van der Waals surface area contributed by atoms with Crippen LogP contribution in [0.15, 0.2) is 94.2 Å². The first-order chi connectivity index (χ1) is 19.2. The van der Waals surface area contributed by atoms with Gasteiger partial charge >= 0.3 is 5.97 Å². The molecule has 0 saturated carbocycles. The number of oxazole rings is 1. The number of esters is 1. The fourth-order valence-corrected chi connectivity index (χ4v) is 4.74. The van der Waals surface area contributed by atoms with E-state index in [1.807, 2.05) is 12.1 Å². The van der Waals surface area contributed by atoms with Crippen LogP contribution in [0.1, 0.15) is 17.3 Å². The van der Waals surface area contributed by atoms with Crippen molar-refractivity contribution in [2.24, 2.45) is 0 Å². The van der Waals surface area contributed by atoms with Crippen molar-refractivity contribution >= 4 is 56.1 Å². The van der Waals surface area contributed by atoms with Crippen molar-refractivity contribution < 1.29 is 27.2 Å². The number of hydrogen-bond acceptors (Lipinski definition) is 9. The van der Waals surface area contributed by atoms with E-state index in [0.717, 1.165) is 0 Å². The lowest BCUT2D eigenvalue weighted by atomic mass is 10.1. The van der Waals surface area contributed by atoms with Gasteiger partial charge in [-0.2, -0.15) is 0 Å². The van der Waals surface area contributed by atoms with Crippen LogP contribution < -0.4 is 10.0 Å². The van der Waals surface area contributed by atoms with Crippen molar-refractivity contribution in [3.05, 3.63) is 95.6 Å². The first-order valence-corrected chi connectivity index (χ1v) is 13.6. The molecule has 1 unspecified atom stereocenters. The number of sulfonamides is 1. The Morgan fingerprint density at radius 2 is 1.65 bits per heavy atom. The first kappa shape index (κ1) is 26.8. The summed E-state index contributed by atoms with van der Waals surface area (Å²) in [6.07, 6.45) is -1.17. The van der Waals surface area contributed by atoms with Gasteiger partial charge in [0.05, 0.1) is 16.0 Å². The van der Waals surface area contributed by atoms with E-state index in [1.54, 1.807) is 36.4 Å². The fraction of sp³-hybridized carbons (Fsp3) is 0.0741. The third kappa shape index (κ3) is 5.92. The quantitative estimate of drug-likeness (QED) is 0.244. The zero-order valence-corrected chi connectivity index (χ0v) is 22.3. The maximum atomic E-state index is 13.0. The lowest BCUT2D eigenvalue weighted by Crippen LogP contribution is -2.30. The third-order valence-electron chi connectivity index (χ3n) is 5.63.